The molecule has 0 aromatic carbocycles. The fourth-order valence-electron chi connectivity index (χ4n) is 2.23. The molecule has 1 aromatic rings. The topological polar surface area (TPSA) is 85.4 Å². The number of guanidine groups is 1. The van der Waals surface area contributed by atoms with Crippen molar-refractivity contribution in [3.05, 3.63) is 18.1 Å². The Bertz CT molecular complexity index is 435. The number of nitrogens with zero attached hydrogens (tertiary/aromatic N) is 3. The van der Waals surface area contributed by atoms with Crippen LogP contribution < -0.4 is 15.8 Å². The van der Waals surface area contributed by atoms with Crippen molar-refractivity contribution in [1.82, 2.24) is 15.3 Å². The van der Waals surface area contributed by atoms with E-state index in [9.17, 15) is 0 Å². The maximum absolute atomic E-state index is 5.88. The number of aliphatic imine (C=N–C) groups is 1. The number of nitrogens with two attached hydrogens (primary N) is 1. The highest BCUT2D eigenvalue weighted by Gasteiger charge is 2.13. The molecule has 2 rings (SSSR count). The van der Waals surface area contributed by atoms with E-state index in [-0.39, 0.29) is 24.0 Å². The van der Waals surface area contributed by atoms with Crippen LogP contribution in [0.4, 0.5) is 0 Å². The van der Waals surface area contributed by atoms with E-state index >= 15 is 0 Å². The Morgan fingerprint density at radius 3 is 2.90 bits per heavy atom. The third kappa shape index (κ3) is 5.48. The summed E-state index contributed by atoms with van der Waals surface area (Å²) >= 11 is 0. The standard InChI is InChI=1S/C13H21N5O.HI/c1-19-12-7-8-15-11(18-12)9-16-13(14)17-10-5-3-2-4-6-10;/h7-8,10H,2-6,9H2,1H3,(H3,14,16,17);1H. The highest BCUT2D eigenvalue weighted by atomic mass is 127. The Kier molecular flexibility index (Phi) is 7.56. The lowest BCUT2D eigenvalue weighted by molar-refractivity contribution is 0.394. The van der Waals surface area contributed by atoms with Gasteiger partial charge >= 0.3 is 0 Å². The summed E-state index contributed by atoms with van der Waals surface area (Å²) < 4.78 is 5.04. The molecule has 0 saturated heterocycles. The van der Waals surface area contributed by atoms with Gasteiger partial charge in [-0.2, -0.15) is 4.98 Å². The lowest BCUT2D eigenvalue weighted by Gasteiger charge is -2.23. The molecule has 1 aliphatic carbocycles. The third-order valence-electron chi connectivity index (χ3n) is 3.24. The molecule has 0 atom stereocenters. The molecule has 1 saturated carbocycles. The minimum absolute atomic E-state index is 0. The molecule has 112 valence electrons. The number of nitrogens with one attached hydrogen (secondary N) is 1. The van der Waals surface area contributed by atoms with Crippen LogP contribution >= 0.6 is 24.0 Å². The summed E-state index contributed by atoms with van der Waals surface area (Å²) in [6, 6.07) is 2.17. The van der Waals surface area contributed by atoms with Gasteiger partial charge in [-0.05, 0) is 12.8 Å². The fourth-order valence-corrected chi connectivity index (χ4v) is 2.23. The van der Waals surface area contributed by atoms with Gasteiger partial charge in [0, 0.05) is 18.3 Å². The molecule has 1 fully saturated rings. The Hall–Kier alpha value is -1.12. The van der Waals surface area contributed by atoms with E-state index in [1.54, 1.807) is 19.4 Å². The SMILES string of the molecule is COc1ccnc(CN=C(N)NC2CCCCC2)n1.I. The molecular formula is C13H22IN5O. The number of ether oxygens (including phenoxy) is 1. The third-order valence-corrected chi connectivity index (χ3v) is 3.24. The Balaban J connectivity index is 0.00000200. The molecule has 7 heteroatoms. The zero-order valence-electron chi connectivity index (χ0n) is 11.7. The molecule has 0 amide bonds. The molecular weight excluding hydrogens is 369 g/mol. The maximum Gasteiger partial charge on any atom is 0.216 e. The first kappa shape index (κ1) is 16.9. The average molecular weight is 391 g/mol. The van der Waals surface area contributed by atoms with Gasteiger partial charge in [-0.3, -0.25) is 0 Å². The molecule has 0 aliphatic heterocycles. The highest BCUT2D eigenvalue weighted by molar-refractivity contribution is 14.0. The summed E-state index contributed by atoms with van der Waals surface area (Å²) in [4.78, 5) is 12.6. The van der Waals surface area contributed by atoms with E-state index in [0.717, 1.165) is 0 Å². The molecule has 1 aromatic heterocycles. The number of rotatable bonds is 4. The molecule has 1 heterocycles. The first-order valence-corrected chi connectivity index (χ1v) is 6.70. The van der Waals surface area contributed by atoms with Crippen LogP contribution in [0.3, 0.4) is 0 Å². The van der Waals surface area contributed by atoms with Crippen molar-refractivity contribution in [2.24, 2.45) is 10.7 Å². The van der Waals surface area contributed by atoms with Crippen LogP contribution in [0.25, 0.3) is 0 Å². The molecule has 1 aliphatic rings. The maximum atomic E-state index is 5.88. The van der Waals surface area contributed by atoms with Gasteiger partial charge in [0.25, 0.3) is 0 Å². The smallest absolute Gasteiger partial charge is 0.216 e. The number of hydrogen-bond donors (Lipinski definition) is 2. The van der Waals surface area contributed by atoms with Crippen molar-refractivity contribution in [3.8, 4) is 5.88 Å². The van der Waals surface area contributed by atoms with Crippen LogP contribution in [-0.4, -0.2) is 29.1 Å². The normalized spacial score (nSPS) is 16.4. The molecule has 0 spiro atoms. The minimum Gasteiger partial charge on any atom is -0.481 e. The second-order valence-corrected chi connectivity index (χ2v) is 4.70. The molecule has 0 bridgehead atoms. The average Bonchev–Trinajstić information content (AvgIpc) is 2.46. The molecule has 20 heavy (non-hydrogen) atoms. The molecule has 6 nitrogen and oxygen atoms in total. The Morgan fingerprint density at radius 2 is 2.20 bits per heavy atom. The summed E-state index contributed by atoms with van der Waals surface area (Å²) in [6.45, 7) is 0.364. The van der Waals surface area contributed by atoms with E-state index < -0.39 is 0 Å². The van der Waals surface area contributed by atoms with Crippen LogP contribution in [0.1, 0.15) is 37.9 Å². The quantitative estimate of drug-likeness (QED) is 0.465. The van der Waals surface area contributed by atoms with Crippen LogP contribution in [0.2, 0.25) is 0 Å². The summed E-state index contributed by atoms with van der Waals surface area (Å²) in [5, 5.41) is 3.26. The van der Waals surface area contributed by atoms with E-state index in [0.29, 0.717) is 30.3 Å². The van der Waals surface area contributed by atoms with Gasteiger partial charge in [-0.25, -0.2) is 9.98 Å². The molecule has 0 unspecified atom stereocenters. The summed E-state index contributed by atoms with van der Waals surface area (Å²) in [6.07, 6.45) is 7.86. The summed E-state index contributed by atoms with van der Waals surface area (Å²) in [5.41, 5.74) is 5.88. The second kappa shape index (κ2) is 8.93. The van der Waals surface area contributed by atoms with Gasteiger partial charge in [0.15, 0.2) is 11.8 Å². The van der Waals surface area contributed by atoms with E-state index in [1.807, 2.05) is 0 Å². The lowest BCUT2D eigenvalue weighted by Crippen LogP contribution is -2.41. The first-order valence-electron chi connectivity index (χ1n) is 6.70. The van der Waals surface area contributed by atoms with Gasteiger partial charge in [0.05, 0.1) is 7.11 Å². The lowest BCUT2D eigenvalue weighted by atomic mass is 9.96. The largest absolute Gasteiger partial charge is 0.481 e. The van der Waals surface area contributed by atoms with Gasteiger partial charge in [0.1, 0.15) is 6.54 Å². The van der Waals surface area contributed by atoms with Crippen molar-refractivity contribution in [1.29, 1.82) is 0 Å². The van der Waals surface area contributed by atoms with E-state index in [1.165, 1.54) is 32.1 Å². The Labute approximate surface area is 136 Å². The van der Waals surface area contributed by atoms with Crippen molar-refractivity contribution < 1.29 is 4.74 Å². The molecule has 0 radical (unpaired) electrons. The van der Waals surface area contributed by atoms with Crippen molar-refractivity contribution >= 4 is 29.9 Å². The summed E-state index contributed by atoms with van der Waals surface area (Å²) in [7, 11) is 1.58. The van der Waals surface area contributed by atoms with Crippen LogP contribution in [0.5, 0.6) is 5.88 Å². The summed E-state index contributed by atoms with van der Waals surface area (Å²) in [5.74, 6) is 1.62. The fraction of sp³-hybridized carbons (Fsp3) is 0.615. The van der Waals surface area contributed by atoms with Crippen LogP contribution in [0, 0.1) is 0 Å². The number of methoxy groups -OCH3 is 1. The number of halogens is 1. The van der Waals surface area contributed by atoms with E-state index in [4.69, 9.17) is 10.5 Å². The molecule has 3 N–H and O–H groups in total. The van der Waals surface area contributed by atoms with Crippen LogP contribution in [0.15, 0.2) is 17.3 Å². The van der Waals surface area contributed by atoms with Crippen molar-refractivity contribution in [2.45, 2.75) is 44.7 Å². The minimum atomic E-state index is 0. The first-order chi connectivity index (χ1) is 9.28. The van der Waals surface area contributed by atoms with Gasteiger partial charge in [-0.1, -0.05) is 19.3 Å². The van der Waals surface area contributed by atoms with Gasteiger partial charge < -0.3 is 15.8 Å². The van der Waals surface area contributed by atoms with E-state index in [2.05, 4.69) is 20.3 Å². The number of aromatic nitrogens is 2. The van der Waals surface area contributed by atoms with Crippen molar-refractivity contribution in [3.63, 3.8) is 0 Å². The zero-order chi connectivity index (χ0) is 13.5. The highest BCUT2D eigenvalue weighted by Crippen LogP contribution is 2.17. The predicted molar refractivity (Wildman–Crippen MR) is 89.3 cm³/mol. The number of hydrogen-bond acceptors (Lipinski definition) is 4. The zero-order valence-corrected chi connectivity index (χ0v) is 14.0. The Morgan fingerprint density at radius 1 is 1.45 bits per heavy atom. The predicted octanol–water partition coefficient (Wildman–Crippen LogP) is 1.84. The van der Waals surface area contributed by atoms with Crippen LogP contribution in [-0.2, 0) is 6.54 Å². The van der Waals surface area contributed by atoms with Crippen molar-refractivity contribution in [2.75, 3.05) is 7.11 Å². The monoisotopic (exact) mass is 391 g/mol. The van der Waals surface area contributed by atoms with Gasteiger partial charge in [-0.15, -0.1) is 24.0 Å². The van der Waals surface area contributed by atoms with Gasteiger partial charge in [0.2, 0.25) is 5.88 Å². The second-order valence-electron chi connectivity index (χ2n) is 4.70.